The van der Waals surface area contributed by atoms with Crippen molar-refractivity contribution >= 4 is 45.9 Å². The van der Waals surface area contributed by atoms with E-state index in [2.05, 4.69) is 37.9 Å². The molecule has 0 spiro atoms. The Morgan fingerprint density at radius 1 is 0.958 bits per heavy atom. The number of likely N-dealkylation sites (tertiary alicyclic amines) is 1. The molecule has 246 valence electrons. The van der Waals surface area contributed by atoms with Gasteiger partial charge in [0.2, 0.25) is 17.7 Å². The van der Waals surface area contributed by atoms with Crippen molar-refractivity contribution in [2.45, 2.75) is 63.5 Å². The highest BCUT2D eigenvalue weighted by atomic mass is 16.2. The molecule has 1 N–H and O–H groups in total. The van der Waals surface area contributed by atoms with Gasteiger partial charge in [0.05, 0.1) is 17.4 Å². The molecule has 6 heterocycles. The summed E-state index contributed by atoms with van der Waals surface area (Å²) < 4.78 is 2.07. The molecule has 3 fully saturated rings. The molecule has 48 heavy (non-hydrogen) atoms. The number of rotatable bonds is 6. The van der Waals surface area contributed by atoms with Gasteiger partial charge in [-0.2, -0.15) is 5.10 Å². The third-order valence-corrected chi connectivity index (χ3v) is 10.9. The maximum absolute atomic E-state index is 13.5. The molecule has 11 heteroatoms. The normalized spacial score (nSPS) is 21.2. The Balaban J connectivity index is 0.931. The van der Waals surface area contributed by atoms with E-state index >= 15 is 0 Å². The van der Waals surface area contributed by atoms with Crippen molar-refractivity contribution in [3.63, 3.8) is 0 Å². The summed E-state index contributed by atoms with van der Waals surface area (Å²) in [5, 5.41) is 9.01. The van der Waals surface area contributed by atoms with Crippen LogP contribution in [-0.4, -0.2) is 75.5 Å². The monoisotopic (exact) mass is 645 g/mol. The van der Waals surface area contributed by atoms with Gasteiger partial charge in [-0.15, -0.1) is 0 Å². The molecule has 4 amide bonds. The number of piperidine rings is 3. The number of nitrogens with zero attached hydrogens (tertiary/aromatic N) is 6. The van der Waals surface area contributed by atoms with E-state index in [1.54, 1.807) is 4.90 Å². The number of hydrogen-bond acceptors (Lipinski definition) is 7. The van der Waals surface area contributed by atoms with Gasteiger partial charge in [0.1, 0.15) is 11.9 Å². The molecule has 2 aromatic heterocycles. The summed E-state index contributed by atoms with van der Waals surface area (Å²) in [5.74, 6) is 0.389. The Morgan fingerprint density at radius 2 is 1.77 bits per heavy atom. The third-order valence-electron chi connectivity index (χ3n) is 10.9. The van der Waals surface area contributed by atoms with E-state index in [4.69, 9.17) is 5.10 Å². The summed E-state index contributed by atoms with van der Waals surface area (Å²) in [6, 6.07) is 14.9. The molecular formula is C37H39N7O4. The van der Waals surface area contributed by atoms with Crippen molar-refractivity contribution in [2.24, 2.45) is 5.92 Å². The summed E-state index contributed by atoms with van der Waals surface area (Å²) in [5.41, 5.74) is 3.26. The van der Waals surface area contributed by atoms with Gasteiger partial charge in [-0.3, -0.25) is 34.1 Å². The first kappa shape index (κ1) is 30.3. The second-order valence-electron chi connectivity index (χ2n) is 13.9. The number of amides is 4. The van der Waals surface area contributed by atoms with Crippen molar-refractivity contribution in [1.82, 2.24) is 25.0 Å². The summed E-state index contributed by atoms with van der Waals surface area (Å²) >= 11 is 0. The minimum Gasteiger partial charge on any atom is -0.357 e. The van der Waals surface area contributed by atoms with E-state index in [1.807, 2.05) is 60.9 Å². The lowest BCUT2D eigenvalue weighted by Crippen LogP contribution is -2.53. The van der Waals surface area contributed by atoms with Crippen molar-refractivity contribution in [3.8, 4) is 0 Å². The molecule has 0 bridgehead atoms. The minimum absolute atomic E-state index is 0.0646. The Labute approximate surface area is 278 Å². The zero-order valence-electron chi connectivity index (χ0n) is 27.1. The van der Waals surface area contributed by atoms with Crippen LogP contribution in [0.25, 0.3) is 10.8 Å². The Kier molecular flexibility index (Phi) is 7.49. The highest BCUT2D eigenvalue weighted by Gasteiger charge is 2.41. The van der Waals surface area contributed by atoms with Gasteiger partial charge in [0.15, 0.2) is 0 Å². The van der Waals surface area contributed by atoms with E-state index in [1.165, 1.54) is 0 Å². The van der Waals surface area contributed by atoms with Gasteiger partial charge >= 0.3 is 0 Å². The fourth-order valence-electron chi connectivity index (χ4n) is 8.02. The van der Waals surface area contributed by atoms with E-state index in [0.29, 0.717) is 24.1 Å². The van der Waals surface area contributed by atoms with Crippen LogP contribution in [0.3, 0.4) is 0 Å². The fraction of sp³-hybridized carbons (Fsp3) is 0.405. The highest BCUT2D eigenvalue weighted by Crippen LogP contribution is 2.41. The maximum atomic E-state index is 13.5. The van der Waals surface area contributed by atoms with Gasteiger partial charge in [-0.25, -0.2) is 4.98 Å². The third kappa shape index (κ3) is 5.21. The van der Waals surface area contributed by atoms with Crippen LogP contribution in [0.5, 0.6) is 0 Å². The summed E-state index contributed by atoms with van der Waals surface area (Å²) in [6.45, 7) is 5.37. The van der Waals surface area contributed by atoms with E-state index in [9.17, 15) is 19.2 Å². The van der Waals surface area contributed by atoms with Gasteiger partial charge in [-0.05, 0) is 79.8 Å². The van der Waals surface area contributed by atoms with Crippen LogP contribution < -0.4 is 15.1 Å². The first-order chi connectivity index (χ1) is 23.3. The second-order valence-corrected chi connectivity index (χ2v) is 13.9. The van der Waals surface area contributed by atoms with Gasteiger partial charge in [-0.1, -0.05) is 24.3 Å². The van der Waals surface area contributed by atoms with E-state index in [-0.39, 0.29) is 35.6 Å². The van der Waals surface area contributed by atoms with Crippen molar-refractivity contribution in [2.75, 3.05) is 36.0 Å². The summed E-state index contributed by atoms with van der Waals surface area (Å²) in [4.78, 5) is 61.8. The predicted octanol–water partition coefficient (Wildman–Crippen LogP) is 4.04. The molecule has 0 radical (unpaired) electrons. The lowest BCUT2D eigenvalue weighted by atomic mass is 9.88. The molecule has 3 saturated heterocycles. The first-order valence-electron chi connectivity index (χ1n) is 17.0. The Morgan fingerprint density at radius 3 is 2.52 bits per heavy atom. The van der Waals surface area contributed by atoms with Gasteiger partial charge in [0.25, 0.3) is 5.91 Å². The zero-order valence-corrected chi connectivity index (χ0v) is 27.1. The standard InChI is InChI=1S/C37H39N7O4/c1-37(14-19-42(20-15-37)35(47)25-12-17-41(18-13-25)31-7-2-3-16-38-31)43-23-24(22-39-43)21-26-8-9-29-33-27(26)5-4-6-28(33)36(48)44(29)30-10-11-32(45)40-34(30)46/h2-9,16,22-23,25,30H,10-15,17-21H2,1H3,(H,40,45,46). The fourth-order valence-corrected chi connectivity index (χ4v) is 8.02. The number of carbonyl (C=O) groups is 4. The number of hydrogen-bond donors (Lipinski definition) is 1. The van der Waals surface area contributed by atoms with Crippen molar-refractivity contribution < 1.29 is 19.2 Å². The number of nitrogens with one attached hydrogen (secondary N) is 1. The number of anilines is 2. The number of benzene rings is 2. The van der Waals surface area contributed by atoms with E-state index < -0.39 is 11.9 Å². The van der Waals surface area contributed by atoms with Crippen LogP contribution in [0.15, 0.2) is 67.1 Å². The van der Waals surface area contributed by atoms with Crippen LogP contribution in [0.2, 0.25) is 0 Å². The lowest BCUT2D eigenvalue weighted by Gasteiger charge is -2.41. The lowest BCUT2D eigenvalue weighted by molar-refractivity contribution is -0.138. The molecule has 11 nitrogen and oxygen atoms in total. The number of imide groups is 1. The molecule has 1 atom stereocenters. The number of carbonyl (C=O) groups excluding carboxylic acids is 4. The molecule has 4 aromatic rings. The van der Waals surface area contributed by atoms with Crippen LogP contribution in [0, 0.1) is 5.92 Å². The largest absolute Gasteiger partial charge is 0.357 e. The topological polar surface area (TPSA) is 121 Å². The number of aromatic nitrogens is 3. The average molecular weight is 646 g/mol. The second kappa shape index (κ2) is 11.9. The predicted molar refractivity (Wildman–Crippen MR) is 181 cm³/mol. The average Bonchev–Trinajstić information content (AvgIpc) is 3.70. The van der Waals surface area contributed by atoms with Crippen LogP contribution in [0.1, 0.15) is 66.9 Å². The zero-order chi connectivity index (χ0) is 33.0. The van der Waals surface area contributed by atoms with Crippen LogP contribution in [0.4, 0.5) is 11.5 Å². The van der Waals surface area contributed by atoms with E-state index in [0.717, 1.165) is 79.6 Å². The van der Waals surface area contributed by atoms with Crippen molar-refractivity contribution in [3.05, 3.63) is 83.8 Å². The SMILES string of the molecule is CC1(n2cc(Cc3ccc4c5c(cccc35)C(=O)N4C3CCC(=O)NC3=O)cn2)CCN(C(=O)C2CCN(c3ccccn3)CC2)CC1. The molecule has 8 rings (SSSR count). The Hall–Kier alpha value is -5.06. The number of pyridine rings is 1. The smallest absolute Gasteiger partial charge is 0.259 e. The maximum Gasteiger partial charge on any atom is 0.259 e. The molecule has 1 unspecified atom stereocenters. The minimum atomic E-state index is -0.706. The molecule has 0 aliphatic carbocycles. The molecule has 4 aliphatic heterocycles. The van der Waals surface area contributed by atoms with Crippen molar-refractivity contribution in [1.29, 1.82) is 0 Å². The molecule has 0 saturated carbocycles. The van der Waals surface area contributed by atoms with Gasteiger partial charge in [0, 0.05) is 68.3 Å². The summed E-state index contributed by atoms with van der Waals surface area (Å²) in [6.07, 6.45) is 10.4. The van der Waals surface area contributed by atoms with Gasteiger partial charge < -0.3 is 9.80 Å². The molecular weight excluding hydrogens is 606 g/mol. The Bertz CT molecular complexity index is 1920. The first-order valence-corrected chi connectivity index (χ1v) is 17.0. The summed E-state index contributed by atoms with van der Waals surface area (Å²) in [7, 11) is 0. The molecule has 4 aliphatic rings. The van der Waals surface area contributed by atoms with Crippen LogP contribution >= 0.6 is 0 Å². The molecule has 2 aromatic carbocycles. The highest BCUT2D eigenvalue weighted by molar-refractivity contribution is 6.27. The van der Waals surface area contributed by atoms with Crippen LogP contribution in [-0.2, 0) is 26.3 Å². The quantitative estimate of drug-likeness (QED) is 0.314.